The van der Waals surface area contributed by atoms with Crippen LogP contribution in [0.2, 0.25) is 0 Å². The molecule has 4 nitrogen and oxygen atoms in total. The number of rotatable bonds is 1. The van der Waals surface area contributed by atoms with Crippen molar-refractivity contribution in [2.75, 3.05) is 19.3 Å². The van der Waals surface area contributed by atoms with E-state index in [9.17, 15) is 8.42 Å². The highest BCUT2D eigenvalue weighted by Crippen LogP contribution is 2.25. The van der Waals surface area contributed by atoms with Crippen molar-refractivity contribution < 1.29 is 8.42 Å². The molecule has 2 heterocycles. The minimum atomic E-state index is -2.94. The summed E-state index contributed by atoms with van der Waals surface area (Å²) in [4.78, 5) is 0. The number of piperazine rings is 1. The van der Waals surface area contributed by atoms with Gasteiger partial charge in [-0.3, -0.25) is 0 Å². The molecule has 2 fully saturated rings. The van der Waals surface area contributed by atoms with Crippen LogP contribution >= 0.6 is 0 Å². The quantitative estimate of drug-likeness (QED) is 0.557. The summed E-state index contributed by atoms with van der Waals surface area (Å²) in [6.45, 7) is 1.50. The van der Waals surface area contributed by atoms with E-state index in [1.807, 2.05) is 0 Å². The number of fused-ring (bicyclic) bond motifs is 2. The maximum absolute atomic E-state index is 11.1. The largest absolute Gasteiger partial charge is 0.311 e. The van der Waals surface area contributed by atoms with Gasteiger partial charge in [0, 0.05) is 25.2 Å². The summed E-state index contributed by atoms with van der Waals surface area (Å²) in [5, 5.41) is 3.25. The summed E-state index contributed by atoms with van der Waals surface area (Å²) in [7, 11) is -2.94. The minimum absolute atomic E-state index is 0.231. The van der Waals surface area contributed by atoms with E-state index in [4.69, 9.17) is 0 Å². The lowest BCUT2D eigenvalue weighted by Crippen LogP contribution is -2.45. The molecule has 2 atom stereocenters. The molecule has 5 heteroatoms. The fourth-order valence-electron chi connectivity index (χ4n) is 1.93. The monoisotopic (exact) mass is 176 g/mol. The van der Waals surface area contributed by atoms with E-state index in [0.29, 0.717) is 12.6 Å². The molecule has 2 aliphatic rings. The Labute approximate surface area is 66.6 Å². The summed E-state index contributed by atoms with van der Waals surface area (Å²) in [6, 6.07) is 0.643. The van der Waals surface area contributed by atoms with E-state index in [2.05, 4.69) is 5.32 Å². The molecule has 0 spiro atoms. The highest BCUT2D eigenvalue weighted by molar-refractivity contribution is 7.88. The molecule has 64 valence electrons. The van der Waals surface area contributed by atoms with E-state index in [0.717, 1.165) is 13.0 Å². The third kappa shape index (κ3) is 1.17. The molecule has 0 amide bonds. The summed E-state index contributed by atoms with van der Waals surface area (Å²) in [5.74, 6) is 0. The molecule has 2 bridgehead atoms. The average molecular weight is 176 g/mol. The van der Waals surface area contributed by atoms with Gasteiger partial charge in [0.2, 0.25) is 10.0 Å². The first-order valence-corrected chi connectivity index (χ1v) is 5.62. The molecule has 2 rings (SSSR count). The van der Waals surface area contributed by atoms with Crippen LogP contribution in [0.25, 0.3) is 0 Å². The van der Waals surface area contributed by atoms with Gasteiger partial charge in [0.1, 0.15) is 0 Å². The molecular weight excluding hydrogens is 164 g/mol. The molecule has 2 saturated heterocycles. The van der Waals surface area contributed by atoms with E-state index in [1.54, 1.807) is 4.31 Å². The van der Waals surface area contributed by atoms with E-state index in [-0.39, 0.29) is 6.04 Å². The first-order chi connectivity index (χ1) is 5.07. The zero-order valence-corrected chi connectivity index (χ0v) is 7.26. The van der Waals surface area contributed by atoms with Crippen molar-refractivity contribution >= 4 is 10.0 Å². The predicted molar refractivity (Wildman–Crippen MR) is 41.7 cm³/mol. The fraction of sp³-hybridized carbons (Fsp3) is 1.00. The molecule has 0 radical (unpaired) electrons. The van der Waals surface area contributed by atoms with Gasteiger partial charge in [-0.2, -0.15) is 4.31 Å². The van der Waals surface area contributed by atoms with E-state index in [1.165, 1.54) is 6.26 Å². The fourth-order valence-corrected chi connectivity index (χ4v) is 3.08. The van der Waals surface area contributed by atoms with Crippen LogP contribution in [0.3, 0.4) is 0 Å². The van der Waals surface area contributed by atoms with Crippen LogP contribution < -0.4 is 5.32 Å². The smallest absolute Gasteiger partial charge is 0.211 e. The summed E-state index contributed by atoms with van der Waals surface area (Å²) >= 11 is 0. The van der Waals surface area contributed by atoms with Gasteiger partial charge >= 0.3 is 0 Å². The third-order valence-electron chi connectivity index (χ3n) is 2.43. The van der Waals surface area contributed by atoms with Crippen LogP contribution in [0.5, 0.6) is 0 Å². The van der Waals surface area contributed by atoms with E-state index < -0.39 is 10.0 Å². The maximum atomic E-state index is 11.1. The Morgan fingerprint density at radius 2 is 2.27 bits per heavy atom. The number of nitrogens with one attached hydrogen (secondary N) is 1. The zero-order chi connectivity index (χ0) is 8.06. The molecule has 0 aromatic heterocycles. The SMILES string of the molecule is CS(=O)(=O)N1C[C@@H]2C[C@@H]1CN2. The van der Waals surface area contributed by atoms with Gasteiger partial charge in [0.05, 0.1) is 6.26 Å². The van der Waals surface area contributed by atoms with Crippen LogP contribution in [-0.4, -0.2) is 44.2 Å². The van der Waals surface area contributed by atoms with Crippen molar-refractivity contribution in [3.05, 3.63) is 0 Å². The van der Waals surface area contributed by atoms with Gasteiger partial charge in [0.15, 0.2) is 0 Å². The van der Waals surface area contributed by atoms with Crippen molar-refractivity contribution in [2.45, 2.75) is 18.5 Å². The van der Waals surface area contributed by atoms with Crippen LogP contribution in [0, 0.1) is 0 Å². The normalized spacial score (nSPS) is 38.3. The van der Waals surface area contributed by atoms with Gasteiger partial charge in [-0.15, -0.1) is 0 Å². The second-order valence-electron chi connectivity index (χ2n) is 3.33. The number of hydrogen-bond acceptors (Lipinski definition) is 3. The van der Waals surface area contributed by atoms with Gasteiger partial charge in [-0.05, 0) is 6.42 Å². The Morgan fingerprint density at radius 3 is 2.55 bits per heavy atom. The van der Waals surface area contributed by atoms with Gasteiger partial charge in [-0.1, -0.05) is 0 Å². The Hall–Kier alpha value is -0.130. The Balaban J connectivity index is 2.21. The van der Waals surface area contributed by atoms with Gasteiger partial charge < -0.3 is 5.32 Å². The lowest BCUT2D eigenvalue weighted by atomic mass is 10.2. The molecule has 0 aromatic rings. The number of sulfonamides is 1. The summed E-state index contributed by atoms with van der Waals surface area (Å²) < 4.78 is 23.8. The highest BCUT2D eigenvalue weighted by atomic mass is 32.2. The van der Waals surface area contributed by atoms with Gasteiger partial charge in [-0.25, -0.2) is 8.42 Å². The second-order valence-corrected chi connectivity index (χ2v) is 5.26. The molecule has 0 saturated carbocycles. The van der Waals surface area contributed by atoms with Crippen molar-refractivity contribution in [3.63, 3.8) is 0 Å². The second kappa shape index (κ2) is 2.18. The summed E-state index contributed by atoms with van der Waals surface area (Å²) in [6.07, 6.45) is 2.28. The predicted octanol–water partition coefficient (Wildman–Crippen LogP) is -1.01. The van der Waals surface area contributed by atoms with Crippen LogP contribution in [0.1, 0.15) is 6.42 Å². The molecule has 1 N–H and O–H groups in total. The molecule has 0 aliphatic carbocycles. The molecule has 0 aromatic carbocycles. The standard InChI is InChI=1S/C6H12N2O2S/c1-11(9,10)8-4-5-2-6(8)3-7-5/h5-7H,2-4H2,1H3/t5-,6+/m0/s1. The van der Waals surface area contributed by atoms with Crippen molar-refractivity contribution in [2.24, 2.45) is 0 Å². The van der Waals surface area contributed by atoms with Crippen molar-refractivity contribution in [1.29, 1.82) is 0 Å². The number of nitrogens with zero attached hydrogens (tertiary/aromatic N) is 1. The zero-order valence-electron chi connectivity index (χ0n) is 6.45. The minimum Gasteiger partial charge on any atom is -0.311 e. The van der Waals surface area contributed by atoms with Crippen LogP contribution in [0.4, 0.5) is 0 Å². The Morgan fingerprint density at radius 1 is 1.55 bits per heavy atom. The van der Waals surface area contributed by atoms with Crippen LogP contribution in [-0.2, 0) is 10.0 Å². The van der Waals surface area contributed by atoms with Gasteiger partial charge in [0.25, 0.3) is 0 Å². The molecule has 0 unspecified atom stereocenters. The topological polar surface area (TPSA) is 49.4 Å². The first kappa shape index (κ1) is 7.52. The maximum Gasteiger partial charge on any atom is 0.211 e. The lowest BCUT2D eigenvalue weighted by Gasteiger charge is -2.24. The average Bonchev–Trinajstić information content (AvgIpc) is 2.42. The van der Waals surface area contributed by atoms with Crippen molar-refractivity contribution in [3.8, 4) is 0 Å². The lowest BCUT2D eigenvalue weighted by molar-refractivity contribution is 0.351. The number of hydrogen-bond donors (Lipinski definition) is 1. The molecular formula is C6H12N2O2S. The molecule has 2 aliphatic heterocycles. The van der Waals surface area contributed by atoms with Crippen LogP contribution in [0.15, 0.2) is 0 Å². The molecule has 11 heavy (non-hydrogen) atoms. The van der Waals surface area contributed by atoms with E-state index >= 15 is 0 Å². The third-order valence-corrected chi connectivity index (χ3v) is 3.73. The van der Waals surface area contributed by atoms with Crippen molar-refractivity contribution in [1.82, 2.24) is 9.62 Å². The first-order valence-electron chi connectivity index (χ1n) is 3.77. The highest BCUT2D eigenvalue weighted by Gasteiger charge is 2.41. The summed E-state index contributed by atoms with van der Waals surface area (Å²) in [5.41, 5.74) is 0. The Bertz CT molecular complexity index is 262. The Kier molecular flexibility index (Phi) is 1.49.